The summed E-state index contributed by atoms with van der Waals surface area (Å²) in [5.74, 6) is 0.101. The number of benzene rings is 1. The van der Waals surface area contributed by atoms with Gasteiger partial charge in [0.2, 0.25) is 0 Å². The van der Waals surface area contributed by atoms with Gasteiger partial charge in [0, 0.05) is 9.77 Å². The minimum Gasteiger partial charge on any atom is -0.384 e. The van der Waals surface area contributed by atoms with Crippen LogP contribution < -0.4 is 11.1 Å². The van der Waals surface area contributed by atoms with E-state index in [4.69, 9.17) is 17.3 Å². The van der Waals surface area contributed by atoms with Gasteiger partial charge in [-0.25, -0.2) is 4.98 Å². The molecule has 92 valence electrons. The largest absolute Gasteiger partial charge is 0.384 e. The number of aromatic nitrogens is 1. The highest BCUT2D eigenvalue weighted by Crippen LogP contribution is 2.24. The molecule has 18 heavy (non-hydrogen) atoms. The zero-order valence-corrected chi connectivity index (χ0v) is 12.1. The van der Waals surface area contributed by atoms with Gasteiger partial charge in [0.1, 0.15) is 5.82 Å². The molecule has 0 spiro atoms. The maximum atomic E-state index is 11.9. The monoisotopic (exact) mass is 373 g/mol. The lowest BCUT2D eigenvalue weighted by Crippen LogP contribution is -2.12. The van der Waals surface area contributed by atoms with Gasteiger partial charge < -0.3 is 11.1 Å². The third-order valence-corrected chi connectivity index (χ3v) is 3.21. The molecule has 1 aromatic heterocycles. The number of hydrogen-bond donors (Lipinski definition) is 2. The van der Waals surface area contributed by atoms with Crippen molar-refractivity contribution in [1.29, 1.82) is 0 Å². The first-order valence-corrected chi connectivity index (χ1v) is 6.50. The number of nitrogens with one attached hydrogen (secondary N) is 1. The van der Waals surface area contributed by atoms with E-state index in [1.54, 1.807) is 24.3 Å². The van der Waals surface area contributed by atoms with Gasteiger partial charge in [0.05, 0.1) is 16.3 Å². The molecule has 0 aliphatic carbocycles. The van der Waals surface area contributed by atoms with Crippen molar-refractivity contribution in [3.8, 4) is 0 Å². The third-order valence-electron chi connectivity index (χ3n) is 2.23. The second-order valence-electron chi connectivity index (χ2n) is 3.55. The van der Waals surface area contributed by atoms with Crippen LogP contribution in [0.15, 0.2) is 36.5 Å². The number of halogens is 2. The average molecular weight is 374 g/mol. The fourth-order valence-corrected chi connectivity index (χ4v) is 2.23. The van der Waals surface area contributed by atoms with Crippen LogP contribution in [0.4, 0.5) is 11.5 Å². The van der Waals surface area contributed by atoms with Crippen molar-refractivity contribution in [2.75, 3.05) is 11.1 Å². The summed E-state index contributed by atoms with van der Waals surface area (Å²) in [6, 6.07) is 8.58. The summed E-state index contributed by atoms with van der Waals surface area (Å²) in [4.78, 5) is 15.8. The topological polar surface area (TPSA) is 68.0 Å². The second kappa shape index (κ2) is 5.53. The summed E-state index contributed by atoms with van der Waals surface area (Å²) in [5, 5.41) is 3.22. The van der Waals surface area contributed by atoms with E-state index in [9.17, 15) is 4.79 Å². The minimum atomic E-state index is -0.273. The lowest BCUT2D eigenvalue weighted by Gasteiger charge is -2.07. The number of nitrogens with two attached hydrogens (primary N) is 1. The van der Waals surface area contributed by atoms with Crippen molar-refractivity contribution >= 4 is 51.6 Å². The van der Waals surface area contributed by atoms with Gasteiger partial charge in [-0.05, 0) is 52.9 Å². The Labute approximate surface area is 123 Å². The van der Waals surface area contributed by atoms with Gasteiger partial charge in [-0.2, -0.15) is 0 Å². The number of carbonyl (C=O) groups is 1. The van der Waals surface area contributed by atoms with Gasteiger partial charge >= 0.3 is 0 Å². The van der Waals surface area contributed by atoms with E-state index in [0.29, 0.717) is 22.1 Å². The van der Waals surface area contributed by atoms with E-state index in [1.807, 2.05) is 6.07 Å². The van der Waals surface area contributed by atoms with Crippen LogP contribution in [0.2, 0.25) is 5.02 Å². The SMILES string of the molecule is Nc1ccc(C(=O)Nc2ccc(I)cc2Cl)cn1. The molecule has 0 unspecified atom stereocenters. The summed E-state index contributed by atoms with van der Waals surface area (Å²) in [7, 11) is 0. The first kappa shape index (κ1) is 13.1. The number of nitrogen functional groups attached to an aromatic ring is 1. The number of pyridine rings is 1. The molecule has 1 amide bonds. The lowest BCUT2D eigenvalue weighted by atomic mass is 10.2. The molecular formula is C12H9ClIN3O. The maximum absolute atomic E-state index is 11.9. The van der Waals surface area contributed by atoms with E-state index in [2.05, 4.69) is 32.9 Å². The third kappa shape index (κ3) is 3.11. The Hall–Kier alpha value is -1.34. The van der Waals surface area contributed by atoms with Crippen molar-refractivity contribution in [2.45, 2.75) is 0 Å². The number of anilines is 2. The predicted molar refractivity (Wildman–Crippen MR) is 80.8 cm³/mol. The Morgan fingerprint density at radius 1 is 1.33 bits per heavy atom. The highest BCUT2D eigenvalue weighted by atomic mass is 127. The molecule has 2 aromatic rings. The van der Waals surface area contributed by atoms with Crippen LogP contribution in [-0.4, -0.2) is 10.9 Å². The molecule has 0 aliphatic rings. The van der Waals surface area contributed by atoms with Gasteiger partial charge in [0.15, 0.2) is 0 Å². The summed E-state index contributed by atoms with van der Waals surface area (Å²) >= 11 is 8.18. The van der Waals surface area contributed by atoms with Crippen LogP contribution >= 0.6 is 34.2 Å². The molecule has 0 fully saturated rings. The maximum Gasteiger partial charge on any atom is 0.257 e. The molecule has 0 saturated heterocycles. The van der Waals surface area contributed by atoms with Crippen LogP contribution in [0.25, 0.3) is 0 Å². The highest BCUT2D eigenvalue weighted by molar-refractivity contribution is 14.1. The van der Waals surface area contributed by atoms with Crippen molar-refractivity contribution in [3.63, 3.8) is 0 Å². The Bertz CT molecular complexity index is 586. The molecule has 2 rings (SSSR count). The average Bonchev–Trinajstić information content (AvgIpc) is 2.33. The molecule has 3 N–H and O–H groups in total. The normalized spacial score (nSPS) is 10.1. The van der Waals surface area contributed by atoms with Crippen LogP contribution in [0, 0.1) is 3.57 Å². The van der Waals surface area contributed by atoms with Gasteiger partial charge in [0.25, 0.3) is 5.91 Å². The molecule has 0 aliphatic heterocycles. The summed E-state index contributed by atoms with van der Waals surface area (Å²) in [5.41, 5.74) is 6.45. The Balaban J connectivity index is 2.18. The summed E-state index contributed by atoms with van der Waals surface area (Å²) < 4.78 is 1.00. The van der Waals surface area contributed by atoms with Gasteiger partial charge in [-0.3, -0.25) is 4.79 Å². The van der Waals surface area contributed by atoms with Crippen molar-refractivity contribution in [2.24, 2.45) is 0 Å². The standard InChI is InChI=1S/C12H9ClIN3O/c13-9-5-8(14)2-3-10(9)17-12(18)7-1-4-11(15)16-6-7/h1-6H,(H2,15,16)(H,17,18). The molecule has 1 heterocycles. The highest BCUT2D eigenvalue weighted by Gasteiger charge is 2.08. The fourth-order valence-electron chi connectivity index (χ4n) is 1.32. The molecule has 0 bridgehead atoms. The zero-order chi connectivity index (χ0) is 13.1. The van der Waals surface area contributed by atoms with Gasteiger partial charge in [-0.15, -0.1) is 0 Å². The number of hydrogen-bond acceptors (Lipinski definition) is 3. The summed E-state index contributed by atoms with van der Waals surface area (Å²) in [6.45, 7) is 0. The number of carbonyl (C=O) groups excluding carboxylic acids is 1. The second-order valence-corrected chi connectivity index (χ2v) is 5.20. The first-order chi connectivity index (χ1) is 8.56. The van der Waals surface area contributed by atoms with Crippen LogP contribution in [-0.2, 0) is 0 Å². The quantitative estimate of drug-likeness (QED) is 0.795. The first-order valence-electron chi connectivity index (χ1n) is 5.04. The van der Waals surface area contributed by atoms with E-state index in [-0.39, 0.29) is 5.91 Å². The Kier molecular flexibility index (Phi) is 4.03. The summed E-state index contributed by atoms with van der Waals surface area (Å²) in [6.07, 6.45) is 1.42. The van der Waals surface area contributed by atoms with Crippen molar-refractivity contribution in [1.82, 2.24) is 4.98 Å². The molecule has 0 atom stereocenters. The van der Waals surface area contributed by atoms with Crippen LogP contribution in [0.1, 0.15) is 10.4 Å². The fraction of sp³-hybridized carbons (Fsp3) is 0. The van der Waals surface area contributed by atoms with E-state index in [1.165, 1.54) is 6.20 Å². The zero-order valence-electron chi connectivity index (χ0n) is 9.15. The van der Waals surface area contributed by atoms with E-state index >= 15 is 0 Å². The smallest absolute Gasteiger partial charge is 0.257 e. The molecule has 6 heteroatoms. The number of nitrogens with zero attached hydrogens (tertiary/aromatic N) is 1. The van der Waals surface area contributed by atoms with Crippen LogP contribution in [0.5, 0.6) is 0 Å². The molecule has 0 radical (unpaired) electrons. The molecule has 1 aromatic carbocycles. The predicted octanol–water partition coefficient (Wildman–Crippen LogP) is 3.17. The van der Waals surface area contributed by atoms with E-state index < -0.39 is 0 Å². The lowest BCUT2D eigenvalue weighted by molar-refractivity contribution is 0.102. The number of amides is 1. The Morgan fingerprint density at radius 3 is 2.72 bits per heavy atom. The minimum absolute atomic E-state index is 0.273. The number of rotatable bonds is 2. The Morgan fingerprint density at radius 2 is 2.11 bits per heavy atom. The van der Waals surface area contributed by atoms with E-state index in [0.717, 1.165) is 3.57 Å². The molecule has 4 nitrogen and oxygen atoms in total. The molecule has 0 saturated carbocycles. The van der Waals surface area contributed by atoms with Gasteiger partial charge in [-0.1, -0.05) is 11.6 Å². The van der Waals surface area contributed by atoms with Crippen LogP contribution in [0.3, 0.4) is 0 Å². The van der Waals surface area contributed by atoms with Crippen molar-refractivity contribution in [3.05, 3.63) is 50.7 Å². The van der Waals surface area contributed by atoms with Crippen molar-refractivity contribution < 1.29 is 4.79 Å². The molecular weight excluding hydrogens is 365 g/mol.